The van der Waals surface area contributed by atoms with Gasteiger partial charge >= 0.3 is 0 Å². The van der Waals surface area contributed by atoms with E-state index in [1.54, 1.807) is 11.3 Å². The molecule has 0 amide bonds. The highest BCUT2D eigenvalue weighted by atomic mass is 79.9. The van der Waals surface area contributed by atoms with Crippen LogP contribution in [0.2, 0.25) is 0 Å². The minimum atomic E-state index is 0.126. The molecule has 1 saturated heterocycles. The van der Waals surface area contributed by atoms with Crippen molar-refractivity contribution in [3.05, 3.63) is 20.8 Å². The van der Waals surface area contributed by atoms with Gasteiger partial charge in [0, 0.05) is 30.6 Å². The zero-order chi connectivity index (χ0) is 13.1. The lowest BCUT2D eigenvalue weighted by molar-refractivity contribution is 0.0587. The van der Waals surface area contributed by atoms with E-state index in [2.05, 4.69) is 46.8 Å². The molecule has 5 heteroatoms. The molecule has 0 saturated carbocycles. The van der Waals surface area contributed by atoms with Gasteiger partial charge in [-0.2, -0.15) is 0 Å². The number of hydrogen-bond donors (Lipinski definition) is 1. The normalized spacial score (nSPS) is 25.7. The number of nitrogens with two attached hydrogens (primary N) is 1. The Morgan fingerprint density at radius 2 is 2.33 bits per heavy atom. The Bertz CT molecular complexity index is 383. The van der Waals surface area contributed by atoms with E-state index in [-0.39, 0.29) is 12.1 Å². The lowest BCUT2D eigenvalue weighted by Gasteiger charge is -2.33. The Hall–Kier alpha value is 0.0600. The lowest BCUT2D eigenvalue weighted by Crippen LogP contribution is -2.41. The van der Waals surface area contributed by atoms with Gasteiger partial charge in [0.15, 0.2) is 0 Å². The summed E-state index contributed by atoms with van der Waals surface area (Å²) >= 11 is 5.32. The van der Waals surface area contributed by atoms with E-state index in [1.165, 1.54) is 8.66 Å². The van der Waals surface area contributed by atoms with Gasteiger partial charge in [-0.25, -0.2) is 0 Å². The molecule has 2 N–H and O–H groups in total. The monoisotopic (exact) mass is 332 g/mol. The summed E-state index contributed by atoms with van der Waals surface area (Å²) in [5, 5.41) is 0. The number of hydrogen-bond acceptors (Lipinski definition) is 4. The first-order valence-electron chi connectivity index (χ1n) is 6.44. The first-order chi connectivity index (χ1) is 8.58. The quantitative estimate of drug-likeness (QED) is 0.924. The summed E-state index contributed by atoms with van der Waals surface area (Å²) in [5.41, 5.74) is 6.21. The highest BCUT2D eigenvalue weighted by Gasteiger charge is 2.28. The Morgan fingerprint density at radius 3 is 2.94 bits per heavy atom. The van der Waals surface area contributed by atoms with Gasteiger partial charge in [-0.1, -0.05) is 0 Å². The summed E-state index contributed by atoms with van der Waals surface area (Å²) in [5.74, 6) is 0. The average molecular weight is 333 g/mol. The Balaban J connectivity index is 2.18. The van der Waals surface area contributed by atoms with Gasteiger partial charge in [-0.05, 0) is 48.3 Å². The molecule has 1 fully saturated rings. The van der Waals surface area contributed by atoms with Crippen LogP contribution in [0.25, 0.3) is 0 Å². The highest BCUT2D eigenvalue weighted by Crippen LogP contribution is 2.33. The van der Waals surface area contributed by atoms with Crippen molar-refractivity contribution in [2.45, 2.75) is 38.5 Å². The fraction of sp³-hybridized carbons (Fsp3) is 0.692. The van der Waals surface area contributed by atoms with Gasteiger partial charge < -0.3 is 10.5 Å². The fourth-order valence-corrected chi connectivity index (χ4v) is 4.21. The van der Waals surface area contributed by atoms with Crippen LogP contribution in [0.15, 0.2) is 15.9 Å². The maximum atomic E-state index is 6.21. The molecular formula is C13H21BrN2OS. The zero-order valence-electron chi connectivity index (χ0n) is 10.9. The third-order valence-electron chi connectivity index (χ3n) is 3.26. The predicted molar refractivity (Wildman–Crippen MR) is 80.0 cm³/mol. The molecule has 1 aromatic rings. The van der Waals surface area contributed by atoms with Crippen LogP contribution in [0.4, 0.5) is 0 Å². The molecule has 18 heavy (non-hydrogen) atoms. The zero-order valence-corrected chi connectivity index (χ0v) is 13.3. The van der Waals surface area contributed by atoms with Crippen molar-refractivity contribution in [3.63, 3.8) is 0 Å². The third-order valence-corrected chi connectivity index (χ3v) is 4.95. The van der Waals surface area contributed by atoms with Crippen LogP contribution in [0.3, 0.4) is 0 Å². The maximum Gasteiger partial charge on any atom is 0.0702 e. The molecule has 1 aliphatic rings. The van der Waals surface area contributed by atoms with Crippen LogP contribution in [-0.2, 0) is 4.74 Å². The van der Waals surface area contributed by atoms with E-state index in [4.69, 9.17) is 10.5 Å². The molecule has 0 bridgehead atoms. The van der Waals surface area contributed by atoms with Crippen molar-refractivity contribution < 1.29 is 4.74 Å². The van der Waals surface area contributed by atoms with Gasteiger partial charge in [-0.3, -0.25) is 4.90 Å². The van der Waals surface area contributed by atoms with Gasteiger partial charge in [-0.15, -0.1) is 11.3 Å². The Morgan fingerprint density at radius 1 is 1.56 bits per heavy atom. The third kappa shape index (κ3) is 3.54. The molecule has 0 aromatic carbocycles. The first kappa shape index (κ1) is 14.5. The second-order valence-corrected chi connectivity index (χ2v) is 7.47. The van der Waals surface area contributed by atoms with Crippen LogP contribution >= 0.6 is 27.3 Å². The largest absolute Gasteiger partial charge is 0.377 e. The summed E-state index contributed by atoms with van der Waals surface area (Å²) in [6.45, 7) is 7.11. The van der Waals surface area contributed by atoms with E-state index in [0.717, 1.165) is 26.1 Å². The average Bonchev–Trinajstić information content (AvgIpc) is 2.58. The predicted octanol–water partition coefficient (Wildman–Crippen LogP) is 3.01. The van der Waals surface area contributed by atoms with Gasteiger partial charge in [0.1, 0.15) is 0 Å². The van der Waals surface area contributed by atoms with Crippen molar-refractivity contribution in [2.24, 2.45) is 5.73 Å². The van der Waals surface area contributed by atoms with E-state index in [1.807, 2.05) is 0 Å². The van der Waals surface area contributed by atoms with Crippen LogP contribution in [-0.4, -0.2) is 36.7 Å². The molecule has 0 radical (unpaired) electrons. The SMILES string of the molecule is CC1CN(C(c2ccc(Br)s2)C(C)N)CCCO1. The summed E-state index contributed by atoms with van der Waals surface area (Å²) < 4.78 is 6.88. The molecule has 0 spiro atoms. The number of rotatable bonds is 3. The minimum Gasteiger partial charge on any atom is -0.377 e. The molecule has 3 unspecified atom stereocenters. The Labute approximate surface area is 121 Å². The van der Waals surface area contributed by atoms with E-state index >= 15 is 0 Å². The lowest BCUT2D eigenvalue weighted by atomic mass is 10.1. The highest BCUT2D eigenvalue weighted by molar-refractivity contribution is 9.11. The standard InChI is InChI=1S/C13H21BrN2OS/c1-9-8-16(6-3-7-17-9)13(10(2)15)11-4-5-12(14)18-11/h4-5,9-10,13H,3,6-8,15H2,1-2H3. The van der Waals surface area contributed by atoms with Gasteiger partial charge in [0.2, 0.25) is 0 Å². The maximum absolute atomic E-state index is 6.21. The van der Waals surface area contributed by atoms with Crippen LogP contribution < -0.4 is 5.73 Å². The van der Waals surface area contributed by atoms with Crippen molar-refractivity contribution in [1.82, 2.24) is 4.90 Å². The van der Waals surface area contributed by atoms with Gasteiger partial charge in [0.25, 0.3) is 0 Å². The van der Waals surface area contributed by atoms with Crippen molar-refractivity contribution in [3.8, 4) is 0 Å². The van der Waals surface area contributed by atoms with Crippen LogP contribution in [0, 0.1) is 0 Å². The Kier molecular flexibility index (Phi) is 5.21. The van der Waals surface area contributed by atoms with Crippen LogP contribution in [0.5, 0.6) is 0 Å². The van der Waals surface area contributed by atoms with Crippen molar-refractivity contribution in [2.75, 3.05) is 19.7 Å². The molecule has 3 nitrogen and oxygen atoms in total. The van der Waals surface area contributed by atoms with Crippen molar-refractivity contribution in [1.29, 1.82) is 0 Å². The van der Waals surface area contributed by atoms with E-state index in [9.17, 15) is 0 Å². The fourth-order valence-electron chi connectivity index (χ4n) is 2.54. The summed E-state index contributed by atoms with van der Waals surface area (Å²) in [6, 6.07) is 4.71. The first-order valence-corrected chi connectivity index (χ1v) is 8.05. The summed E-state index contributed by atoms with van der Waals surface area (Å²) in [6.07, 6.45) is 1.37. The second-order valence-electron chi connectivity index (χ2n) is 4.98. The molecule has 2 rings (SSSR count). The summed E-state index contributed by atoms with van der Waals surface area (Å²) in [4.78, 5) is 3.81. The number of thiophene rings is 1. The summed E-state index contributed by atoms with van der Waals surface area (Å²) in [7, 11) is 0. The smallest absolute Gasteiger partial charge is 0.0702 e. The minimum absolute atomic E-state index is 0.126. The van der Waals surface area contributed by atoms with E-state index < -0.39 is 0 Å². The van der Waals surface area contributed by atoms with Crippen LogP contribution in [0.1, 0.15) is 31.2 Å². The molecule has 3 atom stereocenters. The van der Waals surface area contributed by atoms with E-state index in [0.29, 0.717) is 6.04 Å². The van der Waals surface area contributed by atoms with Gasteiger partial charge in [0.05, 0.1) is 15.9 Å². The molecule has 1 aliphatic heterocycles. The van der Waals surface area contributed by atoms with Crippen molar-refractivity contribution >= 4 is 27.3 Å². The molecule has 102 valence electrons. The molecule has 2 heterocycles. The number of ether oxygens (including phenoxy) is 1. The molecular weight excluding hydrogens is 312 g/mol. The second kappa shape index (κ2) is 6.48. The number of halogens is 1. The topological polar surface area (TPSA) is 38.5 Å². The molecule has 0 aliphatic carbocycles. The molecule has 1 aromatic heterocycles. The number of nitrogens with zero attached hydrogens (tertiary/aromatic N) is 1.